The van der Waals surface area contributed by atoms with Gasteiger partial charge in [0.2, 0.25) is 10.0 Å². The van der Waals surface area contributed by atoms with E-state index in [0.29, 0.717) is 17.5 Å². The minimum atomic E-state index is -4.12. The second kappa shape index (κ2) is 5.51. The van der Waals surface area contributed by atoms with E-state index in [1.807, 2.05) is 4.90 Å². The van der Waals surface area contributed by atoms with Crippen LogP contribution >= 0.6 is 0 Å². The normalized spacial score (nSPS) is 25.0. The molecule has 2 N–H and O–H groups in total. The van der Waals surface area contributed by atoms with Gasteiger partial charge in [-0.15, -0.1) is 0 Å². The van der Waals surface area contributed by atoms with Gasteiger partial charge in [0.15, 0.2) is 4.90 Å². The monoisotopic (exact) mass is 325 g/mol. The quantitative estimate of drug-likeness (QED) is 0.674. The Morgan fingerprint density at radius 2 is 1.77 bits per heavy atom. The van der Waals surface area contributed by atoms with E-state index in [1.54, 1.807) is 6.07 Å². The summed E-state index contributed by atoms with van der Waals surface area (Å²) in [6.45, 7) is 1.50. The van der Waals surface area contributed by atoms with Crippen molar-refractivity contribution < 1.29 is 13.3 Å². The molecule has 3 rings (SSSR count). The van der Waals surface area contributed by atoms with Crippen molar-refractivity contribution in [1.29, 1.82) is 0 Å². The van der Waals surface area contributed by atoms with E-state index in [0.717, 1.165) is 25.9 Å². The van der Waals surface area contributed by atoms with E-state index < -0.39 is 25.5 Å². The first kappa shape index (κ1) is 15.2. The summed E-state index contributed by atoms with van der Waals surface area (Å²) >= 11 is 0. The SMILES string of the molecule is NS(=O)(=O)c1cccc(N2CC3CCCCC3C2)c1[N+](=O)[O-]. The number of sulfonamides is 1. The molecule has 2 unspecified atom stereocenters. The predicted octanol–water partition coefficient (Wildman–Crippen LogP) is 1.87. The summed E-state index contributed by atoms with van der Waals surface area (Å²) in [7, 11) is -4.12. The fraction of sp³-hybridized carbons (Fsp3) is 0.571. The molecule has 1 aliphatic carbocycles. The number of fused-ring (bicyclic) bond motifs is 1. The van der Waals surface area contributed by atoms with Gasteiger partial charge in [0.25, 0.3) is 0 Å². The molecular formula is C14H19N3O4S. The molecule has 0 radical (unpaired) electrons. The molecule has 8 heteroatoms. The minimum Gasteiger partial charge on any atom is -0.365 e. The fourth-order valence-corrected chi connectivity index (χ4v) is 4.50. The zero-order valence-corrected chi connectivity index (χ0v) is 13.0. The van der Waals surface area contributed by atoms with Gasteiger partial charge in [-0.1, -0.05) is 18.9 Å². The second-order valence-electron chi connectivity index (χ2n) is 6.14. The van der Waals surface area contributed by atoms with Gasteiger partial charge in [0.1, 0.15) is 5.69 Å². The number of benzene rings is 1. The van der Waals surface area contributed by atoms with Crippen molar-refractivity contribution in [3.63, 3.8) is 0 Å². The zero-order valence-electron chi connectivity index (χ0n) is 12.1. The highest BCUT2D eigenvalue weighted by molar-refractivity contribution is 7.89. The van der Waals surface area contributed by atoms with Crippen molar-refractivity contribution in [3.8, 4) is 0 Å². The lowest BCUT2D eigenvalue weighted by Crippen LogP contribution is -2.23. The Morgan fingerprint density at radius 1 is 1.18 bits per heavy atom. The fourth-order valence-electron chi connectivity index (χ4n) is 3.78. The number of primary sulfonamides is 1. The lowest BCUT2D eigenvalue weighted by molar-refractivity contribution is -0.387. The highest BCUT2D eigenvalue weighted by atomic mass is 32.2. The van der Waals surface area contributed by atoms with Crippen LogP contribution in [0.25, 0.3) is 0 Å². The maximum atomic E-state index is 11.6. The molecule has 22 heavy (non-hydrogen) atoms. The highest BCUT2D eigenvalue weighted by Gasteiger charge is 2.38. The molecule has 1 heterocycles. The van der Waals surface area contributed by atoms with E-state index >= 15 is 0 Å². The Bertz CT molecular complexity index is 690. The molecule has 1 saturated carbocycles. The van der Waals surface area contributed by atoms with Gasteiger partial charge in [0.05, 0.1) is 4.92 Å². The maximum absolute atomic E-state index is 11.6. The molecular weight excluding hydrogens is 306 g/mol. The Kier molecular flexibility index (Phi) is 3.82. The van der Waals surface area contributed by atoms with Crippen LogP contribution in [0, 0.1) is 22.0 Å². The van der Waals surface area contributed by atoms with Gasteiger partial charge < -0.3 is 4.90 Å². The van der Waals surface area contributed by atoms with Crippen molar-refractivity contribution in [3.05, 3.63) is 28.3 Å². The smallest absolute Gasteiger partial charge is 0.312 e. The molecule has 7 nitrogen and oxygen atoms in total. The molecule has 0 spiro atoms. The van der Waals surface area contributed by atoms with Crippen LogP contribution in [0.2, 0.25) is 0 Å². The number of nitro groups is 1. The predicted molar refractivity (Wildman–Crippen MR) is 82.1 cm³/mol. The highest BCUT2D eigenvalue weighted by Crippen LogP contribution is 2.42. The van der Waals surface area contributed by atoms with Crippen LogP contribution in [0.3, 0.4) is 0 Å². The lowest BCUT2D eigenvalue weighted by Gasteiger charge is -2.22. The molecule has 1 aromatic rings. The maximum Gasteiger partial charge on any atom is 0.312 e. The van der Waals surface area contributed by atoms with Crippen molar-refractivity contribution in [2.75, 3.05) is 18.0 Å². The third-order valence-electron chi connectivity index (χ3n) is 4.78. The topological polar surface area (TPSA) is 107 Å². The number of nitrogens with two attached hydrogens (primary N) is 1. The molecule has 2 atom stereocenters. The molecule has 1 saturated heterocycles. The van der Waals surface area contributed by atoms with Gasteiger partial charge in [-0.05, 0) is 36.8 Å². The summed E-state index contributed by atoms with van der Waals surface area (Å²) < 4.78 is 23.3. The molecule has 0 bridgehead atoms. The van der Waals surface area contributed by atoms with Crippen LogP contribution in [0.5, 0.6) is 0 Å². The standard InChI is InChI=1S/C14H19N3O4S/c15-22(20,21)13-7-3-6-12(14(13)17(18)19)16-8-10-4-1-2-5-11(10)9-16/h3,6-7,10-11H,1-2,4-5,8-9H2,(H2,15,20,21). The molecule has 0 amide bonds. The van der Waals surface area contributed by atoms with E-state index in [-0.39, 0.29) is 0 Å². The minimum absolute atomic E-state index is 0.367. The van der Waals surface area contributed by atoms with Gasteiger partial charge in [-0.25, -0.2) is 13.6 Å². The van der Waals surface area contributed by atoms with E-state index in [1.165, 1.54) is 25.0 Å². The van der Waals surface area contributed by atoms with Crippen molar-refractivity contribution in [2.45, 2.75) is 30.6 Å². The molecule has 2 aliphatic rings. The van der Waals surface area contributed by atoms with Crippen molar-refractivity contribution >= 4 is 21.4 Å². The van der Waals surface area contributed by atoms with Crippen LogP contribution in [0.4, 0.5) is 11.4 Å². The third kappa shape index (κ3) is 2.68. The summed E-state index contributed by atoms with van der Waals surface area (Å²) in [6, 6.07) is 4.33. The van der Waals surface area contributed by atoms with Crippen LogP contribution in [0.15, 0.2) is 23.1 Å². The third-order valence-corrected chi connectivity index (χ3v) is 5.73. The first-order valence-corrected chi connectivity index (χ1v) is 8.97. The number of para-hydroxylation sites is 1. The largest absolute Gasteiger partial charge is 0.365 e. The number of hydrogen-bond donors (Lipinski definition) is 1. The Morgan fingerprint density at radius 3 is 2.27 bits per heavy atom. The summed E-state index contributed by atoms with van der Waals surface area (Å²) in [5, 5.41) is 16.5. The lowest BCUT2D eigenvalue weighted by atomic mass is 9.82. The average molecular weight is 325 g/mol. The van der Waals surface area contributed by atoms with Crippen LogP contribution in [0.1, 0.15) is 25.7 Å². The zero-order chi connectivity index (χ0) is 15.9. The number of rotatable bonds is 3. The van der Waals surface area contributed by atoms with Gasteiger partial charge in [-0.3, -0.25) is 10.1 Å². The molecule has 120 valence electrons. The van der Waals surface area contributed by atoms with E-state index in [9.17, 15) is 18.5 Å². The average Bonchev–Trinajstić information content (AvgIpc) is 2.89. The number of nitro benzene ring substituents is 1. The van der Waals surface area contributed by atoms with Crippen LogP contribution < -0.4 is 10.0 Å². The number of anilines is 1. The van der Waals surface area contributed by atoms with Crippen molar-refractivity contribution in [2.24, 2.45) is 17.0 Å². The summed E-state index contributed by atoms with van der Waals surface area (Å²) in [5.41, 5.74) is -0.0328. The molecule has 0 aromatic heterocycles. The van der Waals surface area contributed by atoms with Gasteiger partial charge in [0, 0.05) is 13.1 Å². The summed E-state index contributed by atoms with van der Waals surface area (Å²) in [6.07, 6.45) is 4.69. The Labute approximate surface area is 129 Å². The summed E-state index contributed by atoms with van der Waals surface area (Å²) in [5.74, 6) is 1.10. The van der Waals surface area contributed by atoms with Crippen molar-refractivity contribution in [1.82, 2.24) is 0 Å². The van der Waals surface area contributed by atoms with E-state index in [4.69, 9.17) is 5.14 Å². The van der Waals surface area contributed by atoms with Gasteiger partial charge >= 0.3 is 5.69 Å². The Balaban J connectivity index is 2.02. The van der Waals surface area contributed by atoms with E-state index in [2.05, 4.69) is 0 Å². The number of hydrogen-bond acceptors (Lipinski definition) is 5. The molecule has 2 fully saturated rings. The first-order valence-electron chi connectivity index (χ1n) is 7.43. The first-order chi connectivity index (χ1) is 10.4. The Hall–Kier alpha value is -1.67. The van der Waals surface area contributed by atoms with Gasteiger partial charge in [-0.2, -0.15) is 0 Å². The molecule has 1 aliphatic heterocycles. The summed E-state index contributed by atoms with van der Waals surface area (Å²) in [4.78, 5) is 12.3. The number of nitrogens with zero attached hydrogens (tertiary/aromatic N) is 2. The van der Waals surface area contributed by atoms with Crippen LogP contribution in [-0.4, -0.2) is 26.4 Å². The van der Waals surface area contributed by atoms with Crippen LogP contribution in [-0.2, 0) is 10.0 Å². The molecule has 1 aromatic carbocycles. The second-order valence-corrected chi connectivity index (χ2v) is 7.67.